The quantitative estimate of drug-likeness (QED) is 0.700. The summed E-state index contributed by atoms with van der Waals surface area (Å²) in [5.74, 6) is 0.131. The molecule has 0 aromatic rings. The van der Waals surface area contributed by atoms with Crippen LogP contribution < -0.4 is 0 Å². The van der Waals surface area contributed by atoms with E-state index in [4.69, 9.17) is 9.47 Å². The molecular weight excluding hydrogens is 180 g/mol. The lowest BCUT2D eigenvalue weighted by Crippen LogP contribution is -2.30. The highest BCUT2D eigenvalue weighted by Crippen LogP contribution is 2.17. The standard InChI is InChI=1S/C11H20O3/c1-11(2,3)9(12)8-14-10-6-4-5-7-13-10/h10H,4-8H2,1-3H3. The molecule has 0 amide bonds. The van der Waals surface area contributed by atoms with Gasteiger partial charge in [-0.1, -0.05) is 20.8 Å². The van der Waals surface area contributed by atoms with E-state index in [9.17, 15) is 4.79 Å². The van der Waals surface area contributed by atoms with Crippen LogP contribution >= 0.6 is 0 Å². The first kappa shape index (κ1) is 11.7. The first-order valence-electron chi connectivity index (χ1n) is 5.26. The second kappa shape index (κ2) is 4.89. The van der Waals surface area contributed by atoms with Crippen LogP contribution in [-0.2, 0) is 14.3 Å². The molecule has 3 heteroatoms. The van der Waals surface area contributed by atoms with Crippen LogP contribution in [0.15, 0.2) is 0 Å². The van der Waals surface area contributed by atoms with Gasteiger partial charge in [0.05, 0.1) is 0 Å². The maximum atomic E-state index is 11.5. The van der Waals surface area contributed by atoms with Gasteiger partial charge in [0.15, 0.2) is 12.1 Å². The first-order chi connectivity index (χ1) is 6.50. The fourth-order valence-electron chi connectivity index (χ4n) is 1.23. The lowest BCUT2D eigenvalue weighted by Gasteiger charge is -2.24. The molecule has 1 aliphatic rings. The van der Waals surface area contributed by atoms with Crippen LogP contribution in [0.4, 0.5) is 0 Å². The van der Waals surface area contributed by atoms with Crippen molar-refractivity contribution >= 4 is 5.78 Å². The van der Waals surface area contributed by atoms with Crippen molar-refractivity contribution in [3.8, 4) is 0 Å². The van der Waals surface area contributed by atoms with Crippen LogP contribution in [0.25, 0.3) is 0 Å². The second-order valence-electron chi connectivity index (χ2n) is 4.78. The average molecular weight is 200 g/mol. The molecule has 0 aromatic heterocycles. The minimum atomic E-state index is -0.311. The minimum Gasteiger partial charge on any atom is -0.353 e. The van der Waals surface area contributed by atoms with E-state index in [0.717, 1.165) is 25.9 Å². The molecule has 0 aliphatic carbocycles. The summed E-state index contributed by atoms with van der Waals surface area (Å²) >= 11 is 0. The van der Waals surface area contributed by atoms with Gasteiger partial charge in [0.1, 0.15) is 6.61 Å². The number of hydrogen-bond donors (Lipinski definition) is 0. The molecule has 1 unspecified atom stereocenters. The molecular formula is C11H20O3. The summed E-state index contributed by atoms with van der Waals surface area (Å²) in [6, 6.07) is 0. The van der Waals surface area contributed by atoms with E-state index in [-0.39, 0.29) is 24.1 Å². The fourth-order valence-corrected chi connectivity index (χ4v) is 1.23. The average Bonchev–Trinajstić information content (AvgIpc) is 2.14. The number of Topliss-reactive ketones (excluding diaryl/α,β-unsaturated/α-hetero) is 1. The number of carbonyl (C=O) groups is 1. The molecule has 1 heterocycles. The van der Waals surface area contributed by atoms with Crippen molar-refractivity contribution in [3.63, 3.8) is 0 Å². The van der Waals surface area contributed by atoms with Gasteiger partial charge < -0.3 is 9.47 Å². The zero-order valence-electron chi connectivity index (χ0n) is 9.34. The van der Waals surface area contributed by atoms with Gasteiger partial charge in [-0.05, 0) is 19.3 Å². The van der Waals surface area contributed by atoms with Crippen LogP contribution in [0, 0.1) is 5.41 Å². The maximum absolute atomic E-state index is 11.5. The van der Waals surface area contributed by atoms with Crippen LogP contribution in [0.3, 0.4) is 0 Å². The molecule has 1 rings (SSSR count). The Kier molecular flexibility index (Phi) is 4.08. The summed E-state index contributed by atoms with van der Waals surface area (Å²) in [5, 5.41) is 0. The SMILES string of the molecule is CC(C)(C)C(=O)COC1CCCCO1. The highest BCUT2D eigenvalue weighted by Gasteiger charge is 2.23. The monoisotopic (exact) mass is 200 g/mol. The third kappa shape index (κ3) is 3.76. The first-order valence-corrected chi connectivity index (χ1v) is 5.26. The Balaban J connectivity index is 2.22. The third-order valence-corrected chi connectivity index (χ3v) is 2.37. The molecule has 0 radical (unpaired) electrons. The summed E-state index contributed by atoms with van der Waals surface area (Å²) in [7, 11) is 0. The lowest BCUT2D eigenvalue weighted by atomic mass is 9.91. The number of carbonyl (C=O) groups excluding carboxylic acids is 1. The zero-order valence-corrected chi connectivity index (χ0v) is 9.34. The van der Waals surface area contributed by atoms with Gasteiger partial charge >= 0.3 is 0 Å². The smallest absolute Gasteiger partial charge is 0.163 e. The van der Waals surface area contributed by atoms with E-state index in [1.807, 2.05) is 20.8 Å². The predicted octanol–water partition coefficient (Wildman–Crippen LogP) is 2.14. The van der Waals surface area contributed by atoms with Crippen LogP contribution in [-0.4, -0.2) is 25.3 Å². The fraction of sp³-hybridized carbons (Fsp3) is 0.909. The van der Waals surface area contributed by atoms with Crippen molar-refractivity contribution < 1.29 is 14.3 Å². The Morgan fingerprint density at radius 2 is 2.14 bits per heavy atom. The molecule has 3 nitrogen and oxygen atoms in total. The van der Waals surface area contributed by atoms with Gasteiger partial charge in [0.2, 0.25) is 0 Å². The topological polar surface area (TPSA) is 35.5 Å². The second-order valence-corrected chi connectivity index (χ2v) is 4.78. The van der Waals surface area contributed by atoms with Crippen molar-refractivity contribution in [2.24, 2.45) is 5.41 Å². The molecule has 0 N–H and O–H groups in total. The van der Waals surface area contributed by atoms with Crippen LogP contribution in [0.5, 0.6) is 0 Å². The predicted molar refractivity (Wildman–Crippen MR) is 54.0 cm³/mol. The van der Waals surface area contributed by atoms with E-state index in [1.54, 1.807) is 0 Å². The largest absolute Gasteiger partial charge is 0.353 e. The van der Waals surface area contributed by atoms with Gasteiger partial charge in [-0.3, -0.25) is 4.79 Å². The molecule has 82 valence electrons. The molecule has 1 saturated heterocycles. The Morgan fingerprint density at radius 3 is 2.64 bits per heavy atom. The summed E-state index contributed by atoms with van der Waals surface area (Å²) in [6.45, 7) is 6.64. The number of hydrogen-bond acceptors (Lipinski definition) is 3. The van der Waals surface area contributed by atoms with E-state index in [1.165, 1.54) is 0 Å². The molecule has 0 spiro atoms. The highest BCUT2D eigenvalue weighted by atomic mass is 16.7. The summed E-state index contributed by atoms with van der Waals surface area (Å²) in [5.41, 5.74) is -0.311. The number of rotatable bonds is 3. The van der Waals surface area contributed by atoms with Gasteiger partial charge in [-0.15, -0.1) is 0 Å². The van der Waals surface area contributed by atoms with E-state index in [0.29, 0.717) is 0 Å². The van der Waals surface area contributed by atoms with Crippen molar-refractivity contribution in [3.05, 3.63) is 0 Å². The maximum Gasteiger partial charge on any atom is 0.163 e. The minimum absolute atomic E-state index is 0.131. The van der Waals surface area contributed by atoms with E-state index in [2.05, 4.69) is 0 Å². The third-order valence-electron chi connectivity index (χ3n) is 2.37. The van der Waals surface area contributed by atoms with Crippen molar-refractivity contribution in [2.75, 3.05) is 13.2 Å². The molecule has 0 bridgehead atoms. The van der Waals surface area contributed by atoms with Crippen molar-refractivity contribution in [1.82, 2.24) is 0 Å². The zero-order chi connectivity index (χ0) is 10.6. The Labute approximate surface area is 85.8 Å². The lowest BCUT2D eigenvalue weighted by molar-refractivity contribution is -0.172. The van der Waals surface area contributed by atoms with E-state index < -0.39 is 0 Å². The van der Waals surface area contributed by atoms with Gasteiger partial charge in [0.25, 0.3) is 0 Å². The number of ether oxygens (including phenoxy) is 2. The van der Waals surface area contributed by atoms with E-state index >= 15 is 0 Å². The van der Waals surface area contributed by atoms with Crippen molar-refractivity contribution in [1.29, 1.82) is 0 Å². The van der Waals surface area contributed by atoms with Gasteiger partial charge in [0, 0.05) is 12.0 Å². The Morgan fingerprint density at radius 1 is 1.43 bits per heavy atom. The molecule has 1 atom stereocenters. The van der Waals surface area contributed by atoms with Crippen molar-refractivity contribution in [2.45, 2.75) is 46.3 Å². The molecule has 14 heavy (non-hydrogen) atoms. The highest BCUT2D eigenvalue weighted by molar-refractivity contribution is 5.84. The van der Waals surface area contributed by atoms with Gasteiger partial charge in [-0.2, -0.15) is 0 Å². The summed E-state index contributed by atoms with van der Waals surface area (Å²) in [4.78, 5) is 11.5. The number of ketones is 1. The molecule has 0 saturated carbocycles. The molecule has 1 aliphatic heterocycles. The normalized spacial score (nSPS) is 23.5. The summed E-state index contributed by atoms with van der Waals surface area (Å²) < 4.78 is 10.8. The van der Waals surface area contributed by atoms with Gasteiger partial charge in [-0.25, -0.2) is 0 Å². The Hall–Kier alpha value is -0.410. The Bertz CT molecular complexity index is 187. The molecule has 1 fully saturated rings. The molecule has 0 aromatic carbocycles. The van der Waals surface area contributed by atoms with Crippen LogP contribution in [0.1, 0.15) is 40.0 Å². The summed E-state index contributed by atoms with van der Waals surface area (Å²) in [6.07, 6.45) is 2.99. The van der Waals surface area contributed by atoms with Crippen LogP contribution in [0.2, 0.25) is 0 Å².